The Balaban J connectivity index is 1.61. The number of carbonyl (C=O) groups excluding carboxylic acids is 1. The predicted octanol–water partition coefficient (Wildman–Crippen LogP) is 2.47. The minimum absolute atomic E-state index is 0.161. The van der Waals surface area contributed by atoms with E-state index in [1.165, 1.54) is 6.07 Å². The number of nitrogens with zero attached hydrogens (tertiary/aromatic N) is 4. The van der Waals surface area contributed by atoms with Gasteiger partial charge in [-0.3, -0.25) is 4.79 Å². The first-order valence-electron chi connectivity index (χ1n) is 10.5. The topological polar surface area (TPSA) is 144 Å². The van der Waals surface area contributed by atoms with Crippen molar-refractivity contribution in [2.24, 2.45) is 10.2 Å². The van der Waals surface area contributed by atoms with Crippen molar-refractivity contribution in [1.29, 1.82) is 0 Å². The highest BCUT2D eigenvalue weighted by Crippen LogP contribution is 2.40. The number of nitrogens with two attached hydrogens (primary N) is 1. The normalized spacial score (nSPS) is 17.9. The number of primary sulfonamides is 1. The van der Waals surface area contributed by atoms with Crippen molar-refractivity contribution in [1.82, 2.24) is 20.0 Å². The van der Waals surface area contributed by atoms with Gasteiger partial charge in [0, 0.05) is 17.3 Å². The van der Waals surface area contributed by atoms with Gasteiger partial charge in [-0.25, -0.2) is 28.4 Å². The molecule has 12 heteroatoms. The van der Waals surface area contributed by atoms with Crippen LogP contribution in [0.2, 0.25) is 0 Å². The second kappa shape index (κ2) is 7.59. The Hall–Kier alpha value is -3.38. The molecular formula is C21H22FN7O3S. The third-order valence-corrected chi connectivity index (χ3v) is 7.21. The van der Waals surface area contributed by atoms with Crippen molar-refractivity contribution < 1.29 is 17.6 Å². The van der Waals surface area contributed by atoms with Crippen LogP contribution in [0.15, 0.2) is 40.5 Å². The number of hydrogen-bond acceptors (Lipinski definition) is 7. The summed E-state index contributed by atoms with van der Waals surface area (Å²) >= 11 is 0. The monoisotopic (exact) mass is 471 g/mol. The Morgan fingerprint density at radius 1 is 1.21 bits per heavy atom. The summed E-state index contributed by atoms with van der Waals surface area (Å²) in [5.41, 5.74) is 4.18. The van der Waals surface area contributed by atoms with E-state index < -0.39 is 26.3 Å². The summed E-state index contributed by atoms with van der Waals surface area (Å²) in [7, 11) is -4.17. The molecule has 0 unspecified atom stereocenters. The van der Waals surface area contributed by atoms with E-state index in [4.69, 9.17) is 5.14 Å². The third kappa shape index (κ3) is 3.55. The lowest BCUT2D eigenvalue weighted by Crippen LogP contribution is -2.48. The van der Waals surface area contributed by atoms with Gasteiger partial charge in [0.05, 0.1) is 11.4 Å². The molecule has 1 spiro atoms. The number of benzene rings is 1. The number of aromatic nitrogens is 3. The van der Waals surface area contributed by atoms with Gasteiger partial charge in [0.2, 0.25) is 16.0 Å². The van der Waals surface area contributed by atoms with E-state index in [1.54, 1.807) is 6.20 Å². The number of sulfonamides is 1. The van der Waals surface area contributed by atoms with E-state index in [0.717, 1.165) is 42.5 Å². The van der Waals surface area contributed by atoms with E-state index in [9.17, 15) is 17.6 Å². The maximum Gasteiger partial charge on any atom is 0.266 e. The molecule has 4 N–H and O–H groups in total. The molecule has 33 heavy (non-hydrogen) atoms. The maximum absolute atomic E-state index is 14.2. The van der Waals surface area contributed by atoms with Crippen LogP contribution in [0.25, 0.3) is 11.0 Å². The first kappa shape index (κ1) is 21.5. The van der Waals surface area contributed by atoms with Crippen LogP contribution in [0.5, 0.6) is 0 Å². The lowest BCUT2D eigenvalue weighted by atomic mass is 9.80. The molecule has 1 aromatic carbocycles. The first-order valence-corrected chi connectivity index (χ1v) is 12.1. The number of nitrogens with one attached hydrogen (secondary N) is 2. The quantitative estimate of drug-likeness (QED) is 0.535. The molecule has 172 valence electrons. The predicted molar refractivity (Wildman–Crippen MR) is 120 cm³/mol. The molecule has 0 bridgehead atoms. The molecule has 1 fully saturated rings. The van der Waals surface area contributed by atoms with Crippen molar-refractivity contribution in [3.05, 3.63) is 42.0 Å². The first-order chi connectivity index (χ1) is 15.7. The van der Waals surface area contributed by atoms with Crippen LogP contribution in [-0.2, 0) is 20.4 Å². The number of anilines is 2. The van der Waals surface area contributed by atoms with E-state index in [2.05, 4.69) is 25.8 Å². The summed E-state index contributed by atoms with van der Waals surface area (Å²) < 4.78 is 39.1. The number of rotatable bonds is 3. The van der Waals surface area contributed by atoms with Crippen LogP contribution in [-0.4, -0.2) is 34.6 Å². The number of hydrazone groups is 1. The highest BCUT2D eigenvalue weighted by atomic mass is 32.2. The van der Waals surface area contributed by atoms with Crippen LogP contribution in [0.1, 0.15) is 44.7 Å². The molecule has 10 nitrogen and oxygen atoms in total. The van der Waals surface area contributed by atoms with E-state index in [0.29, 0.717) is 24.2 Å². The molecule has 5 rings (SSSR count). The fraction of sp³-hybridized carbons (Fsp3) is 0.333. The van der Waals surface area contributed by atoms with Crippen molar-refractivity contribution in [3.8, 4) is 0 Å². The molecule has 2 aliphatic rings. The second-order valence-electron chi connectivity index (χ2n) is 8.38. The maximum atomic E-state index is 14.2. The Labute approximate surface area is 189 Å². The standard InChI is InChI=1S/C21H22FN7O3S/c1-12-16-9-13-11-24-20(25-14-5-6-17(15(22)10-14)33(23,31)32)26-18(13)29(16)21(19(30)28-27-12)7-3-2-4-8-21/h5-6,9-11H,2-4,7-8H2,1H3,(H,28,30)(H2,23,31,32)(H,24,25,26). The van der Waals surface area contributed by atoms with Gasteiger partial charge in [-0.2, -0.15) is 10.1 Å². The van der Waals surface area contributed by atoms with E-state index in [-0.39, 0.29) is 17.5 Å². The second-order valence-corrected chi connectivity index (χ2v) is 9.91. The fourth-order valence-electron chi connectivity index (χ4n) is 4.67. The molecule has 0 radical (unpaired) electrons. The zero-order chi connectivity index (χ0) is 23.4. The lowest BCUT2D eigenvalue weighted by molar-refractivity contribution is -0.131. The summed E-state index contributed by atoms with van der Waals surface area (Å²) in [6.07, 6.45) is 5.86. The third-order valence-electron chi connectivity index (χ3n) is 6.26. The van der Waals surface area contributed by atoms with Gasteiger partial charge in [0.1, 0.15) is 21.9 Å². The minimum atomic E-state index is -4.17. The number of carbonyl (C=O) groups is 1. The molecule has 1 saturated carbocycles. The molecule has 1 aliphatic heterocycles. The molecule has 1 amide bonds. The van der Waals surface area contributed by atoms with Gasteiger partial charge >= 0.3 is 0 Å². The van der Waals surface area contributed by atoms with E-state index >= 15 is 0 Å². The van der Waals surface area contributed by atoms with Gasteiger partial charge in [-0.05, 0) is 44.0 Å². The summed E-state index contributed by atoms with van der Waals surface area (Å²) in [5.74, 6) is -0.965. The van der Waals surface area contributed by atoms with Gasteiger partial charge in [-0.15, -0.1) is 0 Å². The molecule has 0 atom stereocenters. The smallest absolute Gasteiger partial charge is 0.266 e. The summed E-state index contributed by atoms with van der Waals surface area (Å²) in [4.78, 5) is 21.5. The zero-order valence-corrected chi connectivity index (χ0v) is 18.6. The molecule has 0 saturated heterocycles. The van der Waals surface area contributed by atoms with Gasteiger partial charge in [-0.1, -0.05) is 19.3 Å². The summed E-state index contributed by atoms with van der Waals surface area (Å²) in [6, 6.07) is 5.38. The van der Waals surface area contributed by atoms with Crippen molar-refractivity contribution in [2.75, 3.05) is 5.32 Å². The van der Waals surface area contributed by atoms with Crippen LogP contribution in [0.3, 0.4) is 0 Å². The van der Waals surface area contributed by atoms with Crippen LogP contribution < -0.4 is 15.9 Å². The van der Waals surface area contributed by atoms with E-state index in [1.807, 2.05) is 17.6 Å². The number of hydrogen-bond donors (Lipinski definition) is 3. The Morgan fingerprint density at radius 3 is 2.67 bits per heavy atom. The molecule has 3 heterocycles. The average Bonchev–Trinajstić information content (AvgIpc) is 3.12. The van der Waals surface area contributed by atoms with Crippen LogP contribution in [0.4, 0.5) is 16.0 Å². The highest BCUT2D eigenvalue weighted by molar-refractivity contribution is 7.89. The lowest BCUT2D eigenvalue weighted by Gasteiger charge is -2.37. The molecular weight excluding hydrogens is 449 g/mol. The summed E-state index contributed by atoms with van der Waals surface area (Å²) in [6.45, 7) is 1.83. The average molecular weight is 472 g/mol. The van der Waals surface area contributed by atoms with Gasteiger partial charge in [0.25, 0.3) is 5.91 Å². The Morgan fingerprint density at radius 2 is 1.97 bits per heavy atom. The van der Waals surface area contributed by atoms with Gasteiger partial charge in [0.15, 0.2) is 0 Å². The highest BCUT2D eigenvalue weighted by Gasteiger charge is 2.45. The van der Waals surface area contributed by atoms with Crippen molar-refractivity contribution in [3.63, 3.8) is 0 Å². The number of fused-ring (bicyclic) bond motifs is 4. The van der Waals surface area contributed by atoms with Crippen molar-refractivity contribution >= 4 is 44.3 Å². The zero-order valence-electron chi connectivity index (χ0n) is 17.8. The molecule has 3 aromatic rings. The van der Waals surface area contributed by atoms with Gasteiger partial charge < -0.3 is 9.88 Å². The minimum Gasteiger partial charge on any atom is -0.324 e. The van der Waals surface area contributed by atoms with Crippen molar-refractivity contribution in [2.45, 2.75) is 49.5 Å². The SMILES string of the molecule is CC1=NNC(=O)C2(CCCCC2)n2c1cc1cnc(Nc3ccc(S(N)(=O)=O)c(F)c3)nc12. The van der Waals surface area contributed by atoms with Crippen LogP contribution in [0, 0.1) is 5.82 Å². The largest absolute Gasteiger partial charge is 0.324 e. The van der Waals surface area contributed by atoms with Crippen LogP contribution >= 0.6 is 0 Å². The Kier molecular flexibility index (Phi) is 4.94. The molecule has 2 aromatic heterocycles. The number of amides is 1. The Bertz CT molecular complexity index is 1430. The summed E-state index contributed by atoms with van der Waals surface area (Å²) in [5, 5.41) is 12.9. The fourth-order valence-corrected chi connectivity index (χ4v) is 5.26. The molecule has 1 aliphatic carbocycles. The number of halogens is 1.